The van der Waals surface area contributed by atoms with Crippen LogP contribution in [0.15, 0.2) is 24.3 Å². The van der Waals surface area contributed by atoms with Gasteiger partial charge in [-0.05, 0) is 11.5 Å². The topological polar surface area (TPSA) is 110 Å². The summed E-state index contributed by atoms with van der Waals surface area (Å²) in [5.74, 6) is -0.904. The summed E-state index contributed by atoms with van der Waals surface area (Å²) in [5.41, 5.74) is 5.77. The third-order valence-electron chi connectivity index (χ3n) is 3.57. The van der Waals surface area contributed by atoms with Gasteiger partial charge in [0.05, 0.1) is 12.1 Å². The second-order valence-electron chi connectivity index (χ2n) is 6.46. The first kappa shape index (κ1) is 17.0. The highest BCUT2D eigenvalue weighted by atomic mass is 16.3. The molecule has 0 spiro atoms. The number of carbonyl (C=O) groups is 2. The van der Waals surface area contributed by atoms with Gasteiger partial charge in [0.15, 0.2) is 5.69 Å². The number of amides is 2. The van der Waals surface area contributed by atoms with Gasteiger partial charge < -0.3 is 16.2 Å². The number of hydrogen-bond acceptors (Lipinski definition) is 4. The normalized spacial score (nSPS) is 13.0. The van der Waals surface area contributed by atoms with E-state index in [0.29, 0.717) is 10.9 Å². The molecular weight excluding hydrogens is 296 g/mol. The number of para-hydroxylation sites is 1. The van der Waals surface area contributed by atoms with Crippen LogP contribution >= 0.6 is 0 Å². The third kappa shape index (κ3) is 3.34. The number of hydrogen-bond donors (Lipinski definition) is 3. The number of carbonyl (C=O) groups excluding carboxylic acids is 2. The Morgan fingerprint density at radius 1 is 1.35 bits per heavy atom. The van der Waals surface area contributed by atoms with Crippen LogP contribution in [0.5, 0.6) is 0 Å². The Morgan fingerprint density at radius 3 is 2.57 bits per heavy atom. The smallest absolute Gasteiger partial charge is 0.269 e. The first-order valence-electron chi connectivity index (χ1n) is 7.43. The Bertz CT molecular complexity index is 730. The maximum atomic E-state index is 12.6. The van der Waals surface area contributed by atoms with E-state index in [0.717, 1.165) is 0 Å². The summed E-state index contributed by atoms with van der Waals surface area (Å²) >= 11 is 0. The molecule has 1 atom stereocenters. The van der Waals surface area contributed by atoms with E-state index >= 15 is 0 Å². The van der Waals surface area contributed by atoms with Crippen LogP contribution in [-0.4, -0.2) is 39.9 Å². The second kappa shape index (κ2) is 6.37. The van der Waals surface area contributed by atoms with Gasteiger partial charge in [0.25, 0.3) is 5.91 Å². The molecule has 2 rings (SSSR count). The molecule has 0 unspecified atom stereocenters. The lowest BCUT2D eigenvalue weighted by molar-refractivity contribution is -0.127. The van der Waals surface area contributed by atoms with Gasteiger partial charge in [-0.3, -0.25) is 14.3 Å². The molecule has 0 radical (unpaired) electrons. The lowest BCUT2D eigenvalue weighted by atomic mass is 9.86. The molecule has 7 nitrogen and oxygen atoms in total. The Kier molecular flexibility index (Phi) is 4.70. The van der Waals surface area contributed by atoms with E-state index in [4.69, 9.17) is 10.8 Å². The molecule has 1 aromatic carbocycles. The summed E-state index contributed by atoms with van der Waals surface area (Å²) in [4.78, 5) is 24.2. The molecule has 0 aliphatic carbocycles. The largest absolute Gasteiger partial charge is 0.395 e. The van der Waals surface area contributed by atoms with Gasteiger partial charge in [0.2, 0.25) is 5.91 Å². The first-order valence-corrected chi connectivity index (χ1v) is 7.43. The maximum absolute atomic E-state index is 12.6. The highest BCUT2D eigenvalue weighted by Gasteiger charge is 2.35. The Labute approximate surface area is 134 Å². The summed E-state index contributed by atoms with van der Waals surface area (Å²) < 4.78 is 1.54. The summed E-state index contributed by atoms with van der Waals surface area (Å²) in [6.45, 7) is 5.76. The molecule has 7 heteroatoms. The number of rotatable bonds is 5. The fourth-order valence-electron chi connectivity index (χ4n) is 2.61. The number of benzene rings is 1. The average Bonchev–Trinajstić information content (AvgIpc) is 2.83. The molecule has 1 aromatic heterocycles. The number of aliphatic hydroxyl groups excluding tert-OH is 1. The molecular formula is C16H22N4O3. The molecule has 4 N–H and O–H groups in total. The second-order valence-corrected chi connectivity index (χ2v) is 6.46. The number of primary amides is 1. The SMILES string of the molecule is CC(C)(C)[C@@H](C(=O)NCCO)n1nc(C(N)=O)c2ccccc21. The van der Waals surface area contributed by atoms with E-state index in [1.807, 2.05) is 26.8 Å². The molecule has 0 saturated carbocycles. The number of nitrogens with zero attached hydrogens (tertiary/aromatic N) is 2. The number of nitrogens with two attached hydrogens (primary N) is 1. The van der Waals surface area contributed by atoms with E-state index in [-0.39, 0.29) is 24.8 Å². The molecule has 0 fully saturated rings. The van der Waals surface area contributed by atoms with Crippen molar-refractivity contribution in [3.8, 4) is 0 Å². The molecule has 2 amide bonds. The van der Waals surface area contributed by atoms with Crippen LogP contribution in [-0.2, 0) is 4.79 Å². The Morgan fingerprint density at radius 2 is 2.00 bits per heavy atom. The number of aromatic nitrogens is 2. The fourth-order valence-corrected chi connectivity index (χ4v) is 2.61. The minimum atomic E-state index is -0.646. The van der Waals surface area contributed by atoms with Crippen molar-refractivity contribution in [2.24, 2.45) is 11.1 Å². The highest BCUT2D eigenvalue weighted by Crippen LogP contribution is 2.33. The summed E-state index contributed by atoms with van der Waals surface area (Å²) in [5, 5.41) is 16.5. The summed E-state index contributed by atoms with van der Waals surface area (Å²) in [7, 11) is 0. The van der Waals surface area contributed by atoms with Crippen LogP contribution in [0.25, 0.3) is 10.9 Å². The van der Waals surface area contributed by atoms with Crippen LogP contribution in [0.2, 0.25) is 0 Å². The zero-order valence-corrected chi connectivity index (χ0v) is 13.5. The summed E-state index contributed by atoms with van der Waals surface area (Å²) in [6, 6.07) is 6.51. The van der Waals surface area contributed by atoms with Crippen LogP contribution < -0.4 is 11.1 Å². The van der Waals surface area contributed by atoms with Crippen molar-refractivity contribution >= 4 is 22.7 Å². The van der Waals surface area contributed by atoms with Crippen molar-refractivity contribution in [1.82, 2.24) is 15.1 Å². The zero-order valence-electron chi connectivity index (χ0n) is 13.5. The molecule has 0 bridgehead atoms. The van der Waals surface area contributed by atoms with Crippen molar-refractivity contribution in [3.05, 3.63) is 30.0 Å². The van der Waals surface area contributed by atoms with Gasteiger partial charge in [-0.1, -0.05) is 39.0 Å². The van der Waals surface area contributed by atoms with E-state index in [2.05, 4.69) is 10.4 Å². The molecule has 124 valence electrons. The van der Waals surface area contributed by atoms with E-state index in [1.165, 1.54) is 0 Å². The molecule has 23 heavy (non-hydrogen) atoms. The first-order chi connectivity index (χ1) is 10.8. The average molecular weight is 318 g/mol. The van der Waals surface area contributed by atoms with E-state index in [1.54, 1.807) is 22.9 Å². The van der Waals surface area contributed by atoms with Crippen LogP contribution in [0.3, 0.4) is 0 Å². The highest BCUT2D eigenvalue weighted by molar-refractivity contribution is 6.04. The van der Waals surface area contributed by atoms with Gasteiger partial charge in [0, 0.05) is 11.9 Å². The van der Waals surface area contributed by atoms with Gasteiger partial charge in [-0.15, -0.1) is 0 Å². The molecule has 1 heterocycles. The third-order valence-corrected chi connectivity index (χ3v) is 3.57. The molecule has 2 aromatic rings. The predicted octanol–water partition coefficient (Wildman–Crippen LogP) is 0.831. The van der Waals surface area contributed by atoms with Crippen molar-refractivity contribution in [1.29, 1.82) is 0 Å². The lowest BCUT2D eigenvalue weighted by Crippen LogP contribution is -2.41. The fraction of sp³-hybridized carbons (Fsp3) is 0.438. The zero-order chi connectivity index (χ0) is 17.2. The van der Waals surface area contributed by atoms with Gasteiger partial charge in [-0.2, -0.15) is 5.10 Å². The van der Waals surface area contributed by atoms with E-state index in [9.17, 15) is 9.59 Å². The lowest BCUT2D eigenvalue weighted by Gasteiger charge is -2.30. The number of nitrogens with one attached hydrogen (secondary N) is 1. The van der Waals surface area contributed by atoms with E-state index < -0.39 is 17.4 Å². The van der Waals surface area contributed by atoms with Crippen LogP contribution in [0.4, 0.5) is 0 Å². The van der Waals surface area contributed by atoms with Gasteiger partial charge in [0.1, 0.15) is 6.04 Å². The van der Waals surface area contributed by atoms with Crippen molar-refractivity contribution in [2.45, 2.75) is 26.8 Å². The monoisotopic (exact) mass is 318 g/mol. The number of fused-ring (bicyclic) bond motifs is 1. The van der Waals surface area contributed by atoms with Gasteiger partial charge >= 0.3 is 0 Å². The van der Waals surface area contributed by atoms with Crippen molar-refractivity contribution in [2.75, 3.05) is 13.2 Å². The quantitative estimate of drug-likeness (QED) is 0.758. The van der Waals surface area contributed by atoms with Crippen LogP contribution in [0, 0.1) is 5.41 Å². The molecule has 0 saturated heterocycles. The predicted molar refractivity (Wildman–Crippen MR) is 86.8 cm³/mol. The van der Waals surface area contributed by atoms with Gasteiger partial charge in [-0.25, -0.2) is 0 Å². The minimum Gasteiger partial charge on any atom is -0.395 e. The Hall–Kier alpha value is -2.41. The van der Waals surface area contributed by atoms with Crippen molar-refractivity contribution in [3.63, 3.8) is 0 Å². The standard InChI is InChI=1S/C16H22N4O3/c1-16(2,3)13(15(23)18-8-9-21)20-11-7-5-4-6-10(11)12(19-20)14(17)22/h4-7,13,21H,8-9H2,1-3H3,(H2,17,22)(H,18,23)/t13-/m1/s1. The summed E-state index contributed by atoms with van der Waals surface area (Å²) in [6.07, 6.45) is 0. The molecule has 0 aliphatic heterocycles. The maximum Gasteiger partial charge on any atom is 0.269 e. The van der Waals surface area contributed by atoms with Crippen molar-refractivity contribution < 1.29 is 14.7 Å². The number of aliphatic hydroxyl groups is 1. The Balaban J connectivity index is 2.62. The van der Waals surface area contributed by atoms with Crippen LogP contribution in [0.1, 0.15) is 37.3 Å². The molecule has 0 aliphatic rings. The minimum absolute atomic E-state index is 0.143.